The molecule has 1 unspecified atom stereocenters. The fourth-order valence-electron chi connectivity index (χ4n) is 1.92. The van der Waals surface area contributed by atoms with Crippen molar-refractivity contribution in [1.29, 1.82) is 0 Å². The second-order valence-corrected chi connectivity index (χ2v) is 5.18. The van der Waals surface area contributed by atoms with Gasteiger partial charge in [-0.25, -0.2) is 0 Å². The second-order valence-electron chi connectivity index (χ2n) is 4.71. The number of hydrogen-bond donors (Lipinski definition) is 1. The quantitative estimate of drug-likeness (QED) is 0.781. The summed E-state index contributed by atoms with van der Waals surface area (Å²) >= 11 is 4.97. The summed E-state index contributed by atoms with van der Waals surface area (Å²) < 4.78 is 10.4. The van der Waals surface area contributed by atoms with Crippen molar-refractivity contribution in [2.45, 2.75) is 13.8 Å². The molecule has 6 heteroatoms. The van der Waals surface area contributed by atoms with Crippen LogP contribution in [0.15, 0.2) is 18.2 Å². The van der Waals surface area contributed by atoms with Gasteiger partial charge in [0, 0.05) is 25.1 Å². The van der Waals surface area contributed by atoms with Gasteiger partial charge >= 0.3 is 0 Å². The normalized spacial score (nSPS) is 11.6. The van der Waals surface area contributed by atoms with Gasteiger partial charge < -0.3 is 20.1 Å². The van der Waals surface area contributed by atoms with Crippen LogP contribution >= 0.6 is 12.2 Å². The predicted octanol–water partition coefficient (Wildman–Crippen LogP) is 2.09. The van der Waals surface area contributed by atoms with Crippen molar-refractivity contribution in [1.82, 2.24) is 4.90 Å². The first-order valence-electron chi connectivity index (χ1n) is 6.75. The van der Waals surface area contributed by atoms with Crippen LogP contribution in [0.4, 0.5) is 0 Å². The smallest absolute Gasteiger partial charge is 0.257 e. The van der Waals surface area contributed by atoms with Gasteiger partial charge in [0.15, 0.2) is 0 Å². The van der Waals surface area contributed by atoms with E-state index in [0.29, 0.717) is 35.1 Å². The van der Waals surface area contributed by atoms with Crippen molar-refractivity contribution in [3.05, 3.63) is 23.8 Å². The van der Waals surface area contributed by atoms with Crippen LogP contribution in [0.1, 0.15) is 24.2 Å². The van der Waals surface area contributed by atoms with E-state index in [0.717, 1.165) is 0 Å². The lowest BCUT2D eigenvalue weighted by molar-refractivity contribution is 0.0751. The molecule has 2 N–H and O–H groups in total. The van der Waals surface area contributed by atoms with Crippen LogP contribution in [-0.2, 0) is 0 Å². The predicted molar refractivity (Wildman–Crippen MR) is 87.1 cm³/mol. The van der Waals surface area contributed by atoms with Crippen LogP contribution in [0.2, 0.25) is 0 Å². The summed E-state index contributed by atoms with van der Waals surface area (Å²) in [5, 5.41) is 0. The van der Waals surface area contributed by atoms with Crippen LogP contribution in [0.3, 0.4) is 0 Å². The first-order chi connectivity index (χ1) is 9.94. The lowest BCUT2D eigenvalue weighted by Crippen LogP contribution is -2.38. The third-order valence-corrected chi connectivity index (χ3v) is 3.69. The van der Waals surface area contributed by atoms with Gasteiger partial charge in [0.25, 0.3) is 5.91 Å². The molecule has 0 spiro atoms. The minimum atomic E-state index is -0.111. The Hall–Kier alpha value is -1.82. The number of carbonyl (C=O) groups excluding carboxylic acids is 1. The van der Waals surface area contributed by atoms with Crippen molar-refractivity contribution in [3.63, 3.8) is 0 Å². The third-order valence-electron chi connectivity index (χ3n) is 3.29. The molecule has 116 valence electrons. The average Bonchev–Trinajstić information content (AvgIpc) is 2.50. The Kier molecular flexibility index (Phi) is 6.42. The summed E-state index contributed by atoms with van der Waals surface area (Å²) in [5.74, 6) is 0.983. The molecule has 1 atom stereocenters. The topological polar surface area (TPSA) is 64.8 Å². The number of nitrogens with two attached hydrogens (primary N) is 1. The highest BCUT2D eigenvalue weighted by atomic mass is 32.1. The van der Waals surface area contributed by atoms with Gasteiger partial charge in [0.2, 0.25) is 0 Å². The van der Waals surface area contributed by atoms with Gasteiger partial charge in [-0.3, -0.25) is 4.79 Å². The third kappa shape index (κ3) is 4.32. The van der Waals surface area contributed by atoms with Crippen molar-refractivity contribution < 1.29 is 14.3 Å². The van der Waals surface area contributed by atoms with E-state index < -0.39 is 0 Å². The highest BCUT2D eigenvalue weighted by molar-refractivity contribution is 7.80. The highest BCUT2D eigenvalue weighted by Crippen LogP contribution is 2.26. The van der Waals surface area contributed by atoms with Crippen molar-refractivity contribution in [3.8, 4) is 11.5 Å². The van der Waals surface area contributed by atoms with E-state index >= 15 is 0 Å². The highest BCUT2D eigenvalue weighted by Gasteiger charge is 2.21. The van der Waals surface area contributed by atoms with Gasteiger partial charge in [0.1, 0.15) is 11.5 Å². The zero-order valence-electron chi connectivity index (χ0n) is 12.9. The van der Waals surface area contributed by atoms with Crippen molar-refractivity contribution >= 4 is 23.1 Å². The number of amides is 1. The van der Waals surface area contributed by atoms with E-state index in [4.69, 9.17) is 27.4 Å². The first-order valence-corrected chi connectivity index (χ1v) is 7.16. The summed E-state index contributed by atoms with van der Waals surface area (Å²) in [4.78, 5) is 14.7. The molecule has 0 radical (unpaired) electrons. The zero-order valence-corrected chi connectivity index (χ0v) is 13.7. The largest absolute Gasteiger partial charge is 0.497 e. The molecule has 0 heterocycles. The number of ether oxygens (including phenoxy) is 2. The minimum absolute atomic E-state index is 0.0341. The summed E-state index contributed by atoms with van der Waals surface area (Å²) in [6.45, 7) is 4.88. The Morgan fingerprint density at radius 1 is 1.38 bits per heavy atom. The molecule has 21 heavy (non-hydrogen) atoms. The summed E-state index contributed by atoms with van der Waals surface area (Å²) in [7, 11) is 3.10. The molecule has 0 bridgehead atoms. The second kappa shape index (κ2) is 7.83. The maximum absolute atomic E-state index is 12.6. The summed E-state index contributed by atoms with van der Waals surface area (Å²) in [5.41, 5.74) is 6.12. The molecule has 0 aromatic heterocycles. The van der Waals surface area contributed by atoms with Gasteiger partial charge in [0.05, 0.1) is 24.8 Å². The number of benzene rings is 1. The molecule has 0 aliphatic carbocycles. The summed E-state index contributed by atoms with van der Waals surface area (Å²) in [6.07, 6.45) is 0. The number of rotatable bonds is 7. The molecule has 0 saturated carbocycles. The lowest BCUT2D eigenvalue weighted by atomic mass is 10.1. The molecule has 1 rings (SSSR count). The number of nitrogens with zero attached hydrogens (tertiary/aromatic N) is 1. The van der Waals surface area contributed by atoms with Crippen LogP contribution in [0, 0.1) is 5.92 Å². The SMILES string of the molecule is CCN(CC(C)C(N)=S)C(=O)c1ccc(OC)cc1OC. The standard InChI is InChI=1S/C15H22N2O3S/c1-5-17(9-10(2)14(16)21)15(18)12-7-6-11(19-3)8-13(12)20-4/h6-8,10H,5,9H2,1-4H3,(H2,16,21). The van der Waals surface area contributed by atoms with Gasteiger partial charge in [-0.1, -0.05) is 19.1 Å². The molecular weight excluding hydrogens is 288 g/mol. The minimum Gasteiger partial charge on any atom is -0.497 e. The van der Waals surface area contributed by atoms with Crippen molar-refractivity contribution in [2.75, 3.05) is 27.3 Å². The molecule has 0 aliphatic heterocycles. The Bertz CT molecular complexity index is 520. The maximum Gasteiger partial charge on any atom is 0.257 e. The van der Waals surface area contributed by atoms with Gasteiger partial charge in [-0.05, 0) is 19.1 Å². The van der Waals surface area contributed by atoms with Gasteiger partial charge in [-0.15, -0.1) is 0 Å². The van der Waals surface area contributed by atoms with Crippen LogP contribution in [0.25, 0.3) is 0 Å². The Balaban J connectivity index is 3.02. The number of carbonyl (C=O) groups is 1. The first kappa shape index (κ1) is 17.2. The molecule has 1 aromatic carbocycles. The number of hydrogen-bond acceptors (Lipinski definition) is 4. The van der Waals surface area contributed by atoms with E-state index in [9.17, 15) is 4.79 Å². The van der Waals surface area contributed by atoms with E-state index in [2.05, 4.69) is 0 Å². The maximum atomic E-state index is 12.6. The molecule has 0 aliphatic rings. The molecule has 1 amide bonds. The van der Waals surface area contributed by atoms with E-state index in [1.807, 2.05) is 13.8 Å². The number of thiocarbonyl (C=S) groups is 1. The van der Waals surface area contributed by atoms with E-state index in [-0.39, 0.29) is 11.8 Å². The molecule has 0 saturated heterocycles. The summed E-state index contributed by atoms with van der Waals surface area (Å²) in [6, 6.07) is 5.13. The Morgan fingerprint density at radius 2 is 2.05 bits per heavy atom. The Morgan fingerprint density at radius 3 is 2.52 bits per heavy atom. The monoisotopic (exact) mass is 310 g/mol. The molecule has 1 aromatic rings. The average molecular weight is 310 g/mol. The van der Waals surface area contributed by atoms with Crippen LogP contribution in [-0.4, -0.2) is 43.1 Å². The zero-order chi connectivity index (χ0) is 16.0. The van der Waals surface area contributed by atoms with E-state index in [1.54, 1.807) is 30.2 Å². The Labute approximate surface area is 131 Å². The van der Waals surface area contributed by atoms with Crippen LogP contribution in [0.5, 0.6) is 11.5 Å². The van der Waals surface area contributed by atoms with Crippen LogP contribution < -0.4 is 15.2 Å². The lowest BCUT2D eigenvalue weighted by Gasteiger charge is -2.25. The molecule has 0 fully saturated rings. The number of methoxy groups -OCH3 is 2. The van der Waals surface area contributed by atoms with Gasteiger partial charge in [-0.2, -0.15) is 0 Å². The fourth-order valence-corrected chi connectivity index (χ4v) is 2.00. The van der Waals surface area contributed by atoms with Crippen molar-refractivity contribution in [2.24, 2.45) is 11.7 Å². The molecular formula is C15H22N2O3S. The molecule has 5 nitrogen and oxygen atoms in total. The fraction of sp³-hybridized carbons (Fsp3) is 0.467. The van der Waals surface area contributed by atoms with E-state index in [1.165, 1.54) is 7.11 Å².